The second-order valence-electron chi connectivity index (χ2n) is 2.04. The van der Waals surface area contributed by atoms with Crippen LogP contribution < -0.4 is 5.14 Å². The molecule has 0 atom stereocenters. The molecular formula is C6H4Cl2NO2S. The Morgan fingerprint density at radius 1 is 1.42 bits per heavy atom. The number of hydrogen-bond donors (Lipinski definition) is 1. The van der Waals surface area contributed by atoms with Crippen molar-refractivity contribution in [1.82, 2.24) is 0 Å². The number of benzene rings is 1. The summed E-state index contributed by atoms with van der Waals surface area (Å²) in [6, 6.07) is 4.87. The minimum Gasteiger partial charge on any atom is -0.225 e. The molecule has 0 aromatic heterocycles. The lowest BCUT2D eigenvalue weighted by Gasteiger charge is -1.99. The molecule has 1 aromatic carbocycles. The standard InChI is InChI=1S/C6H4Cl2NO2S/c7-4-1-2-6(5(8)3-4)12(9,10)11/h2-3H,(H2,9,10,11). The molecule has 1 rings (SSSR count). The first-order chi connectivity index (χ1) is 5.41. The van der Waals surface area contributed by atoms with Crippen LogP contribution in [-0.2, 0) is 10.0 Å². The first-order valence-corrected chi connectivity index (χ1v) is 5.11. The Balaban J connectivity index is 3.39. The van der Waals surface area contributed by atoms with E-state index in [2.05, 4.69) is 6.07 Å². The Morgan fingerprint density at radius 2 is 2.00 bits per heavy atom. The van der Waals surface area contributed by atoms with Gasteiger partial charge in [0.15, 0.2) is 0 Å². The minimum atomic E-state index is -3.77. The van der Waals surface area contributed by atoms with Crippen molar-refractivity contribution in [2.24, 2.45) is 5.14 Å². The normalized spacial score (nSPS) is 11.6. The summed E-state index contributed by atoms with van der Waals surface area (Å²) in [5.74, 6) is 0. The first-order valence-electron chi connectivity index (χ1n) is 2.81. The van der Waals surface area contributed by atoms with Gasteiger partial charge in [0.05, 0.1) is 10.0 Å². The molecule has 1 radical (unpaired) electrons. The van der Waals surface area contributed by atoms with Gasteiger partial charge in [0.25, 0.3) is 0 Å². The predicted molar refractivity (Wildman–Crippen MR) is 46.7 cm³/mol. The third-order valence-electron chi connectivity index (χ3n) is 1.14. The van der Waals surface area contributed by atoms with E-state index in [9.17, 15) is 8.42 Å². The summed E-state index contributed by atoms with van der Waals surface area (Å²) in [4.78, 5) is -0.173. The molecule has 0 aliphatic carbocycles. The molecule has 2 N–H and O–H groups in total. The molecule has 65 valence electrons. The van der Waals surface area contributed by atoms with Gasteiger partial charge >= 0.3 is 0 Å². The Labute approximate surface area is 80.1 Å². The number of halogens is 2. The zero-order valence-electron chi connectivity index (χ0n) is 5.71. The van der Waals surface area contributed by atoms with Crippen molar-refractivity contribution < 1.29 is 8.42 Å². The molecule has 0 heterocycles. The molecule has 0 aliphatic rings. The van der Waals surface area contributed by atoms with E-state index in [1.807, 2.05) is 0 Å². The zero-order valence-corrected chi connectivity index (χ0v) is 8.04. The van der Waals surface area contributed by atoms with Crippen LogP contribution in [0.4, 0.5) is 0 Å². The van der Waals surface area contributed by atoms with Gasteiger partial charge in [-0.1, -0.05) is 23.2 Å². The van der Waals surface area contributed by atoms with Crippen LogP contribution in [0.15, 0.2) is 17.0 Å². The van der Waals surface area contributed by atoms with Crippen molar-refractivity contribution in [3.8, 4) is 0 Å². The third-order valence-corrected chi connectivity index (χ3v) is 2.73. The molecule has 0 amide bonds. The lowest BCUT2D eigenvalue weighted by atomic mass is 10.4. The monoisotopic (exact) mass is 224 g/mol. The molecule has 0 spiro atoms. The van der Waals surface area contributed by atoms with Crippen LogP contribution in [0.2, 0.25) is 10.0 Å². The van der Waals surface area contributed by atoms with Crippen LogP contribution in [0.25, 0.3) is 0 Å². The number of hydrogen-bond acceptors (Lipinski definition) is 2. The Bertz CT molecular complexity index is 402. The lowest BCUT2D eigenvalue weighted by molar-refractivity contribution is 0.598. The maximum Gasteiger partial charge on any atom is 0.239 e. The van der Waals surface area contributed by atoms with E-state index in [-0.39, 0.29) is 14.9 Å². The van der Waals surface area contributed by atoms with Gasteiger partial charge in [-0.15, -0.1) is 0 Å². The highest BCUT2D eigenvalue weighted by atomic mass is 35.5. The number of nitrogens with two attached hydrogens (primary N) is 1. The van der Waals surface area contributed by atoms with Crippen LogP contribution in [-0.4, -0.2) is 8.42 Å². The maximum atomic E-state index is 10.8. The van der Waals surface area contributed by atoms with Crippen LogP contribution in [0.3, 0.4) is 0 Å². The van der Waals surface area contributed by atoms with Crippen LogP contribution in [0.1, 0.15) is 0 Å². The van der Waals surface area contributed by atoms with Crippen molar-refractivity contribution in [2.75, 3.05) is 0 Å². The summed E-state index contributed by atoms with van der Waals surface area (Å²) < 4.78 is 21.6. The van der Waals surface area contributed by atoms with Crippen LogP contribution in [0, 0.1) is 6.07 Å². The fourth-order valence-electron chi connectivity index (χ4n) is 0.646. The summed E-state index contributed by atoms with van der Waals surface area (Å²) in [7, 11) is -3.77. The van der Waals surface area contributed by atoms with Gasteiger partial charge in [-0.25, -0.2) is 13.6 Å². The van der Waals surface area contributed by atoms with Crippen molar-refractivity contribution in [3.63, 3.8) is 0 Å². The lowest BCUT2D eigenvalue weighted by Crippen LogP contribution is -2.12. The molecule has 0 saturated carbocycles. The quantitative estimate of drug-likeness (QED) is 0.785. The number of primary sulfonamides is 1. The highest BCUT2D eigenvalue weighted by molar-refractivity contribution is 7.89. The topological polar surface area (TPSA) is 60.2 Å². The SMILES string of the molecule is NS(=O)(=O)c1c[c]c(Cl)cc1Cl. The van der Waals surface area contributed by atoms with Gasteiger partial charge in [0.1, 0.15) is 4.90 Å². The van der Waals surface area contributed by atoms with Crippen LogP contribution >= 0.6 is 23.2 Å². The smallest absolute Gasteiger partial charge is 0.225 e. The molecule has 0 bridgehead atoms. The van der Waals surface area contributed by atoms with Crippen molar-refractivity contribution in [3.05, 3.63) is 28.2 Å². The van der Waals surface area contributed by atoms with Crippen molar-refractivity contribution >= 4 is 33.2 Å². The summed E-state index contributed by atoms with van der Waals surface area (Å²) in [5.41, 5.74) is 0. The van der Waals surface area contributed by atoms with E-state index >= 15 is 0 Å². The van der Waals surface area contributed by atoms with Gasteiger partial charge in [-0.2, -0.15) is 0 Å². The number of rotatable bonds is 1. The summed E-state index contributed by atoms with van der Waals surface area (Å²) in [5, 5.41) is 5.08. The molecule has 12 heavy (non-hydrogen) atoms. The fraction of sp³-hybridized carbons (Fsp3) is 0. The first kappa shape index (κ1) is 9.80. The van der Waals surface area contributed by atoms with Gasteiger partial charge < -0.3 is 0 Å². The average molecular weight is 225 g/mol. The Hall–Kier alpha value is -0.290. The fourth-order valence-corrected chi connectivity index (χ4v) is 1.91. The maximum absolute atomic E-state index is 10.8. The van der Waals surface area contributed by atoms with E-state index < -0.39 is 10.0 Å². The predicted octanol–water partition coefficient (Wildman–Crippen LogP) is 1.44. The average Bonchev–Trinajstić information content (AvgIpc) is 1.83. The second kappa shape index (κ2) is 3.22. The van der Waals surface area contributed by atoms with Gasteiger partial charge in [-0.3, -0.25) is 0 Å². The third kappa shape index (κ3) is 2.10. The largest absolute Gasteiger partial charge is 0.239 e. The minimum absolute atomic E-state index is 0.00116. The molecule has 0 saturated heterocycles. The van der Waals surface area contributed by atoms with Gasteiger partial charge in [0, 0.05) is 6.07 Å². The van der Waals surface area contributed by atoms with E-state index in [1.165, 1.54) is 6.07 Å². The molecule has 3 nitrogen and oxygen atoms in total. The second-order valence-corrected chi connectivity index (χ2v) is 4.38. The van der Waals surface area contributed by atoms with E-state index in [0.29, 0.717) is 0 Å². The van der Waals surface area contributed by atoms with E-state index in [0.717, 1.165) is 6.07 Å². The summed E-state index contributed by atoms with van der Waals surface area (Å²) >= 11 is 11.0. The molecule has 6 heteroatoms. The molecule has 0 unspecified atom stereocenters. The zero-order chi connectivity index (χ0) is 9.35. The highest BCUT2D eigenvalue weighted by Crippen LogP contribution is 2.23. The Kier molecular flexibility index (Phi) is 2.63. The number of sulfonamides is 1. The molecule has 1 aromatic rings. The molecule has 0 aliphatic heterocycles. The van der Waals surface area contributed by atoms with E-state index in [1.54, 1.807) is 0 Å². The molecule has 0 fully saturated rings. The highest BCUT2D eigenvalue weighted by Gasteiger charge is 2.12. The van der Waals surface area contributed by atoms with Gasteiger partial charge in [-0.05, 0) is 12.1 Å². The van der Waals surface area contributed by atoms with Crippen LogP contribution in [0.5, 0.6) is 0 Å². The Morgan fingerprint density at radius 3 is 2.42 bits per heavy atom. The summed E-state index contributed by atoms with van der Waals surface area (Å²) in [6.45, 7) is 0. The van der Waals surface area contributed by atoms with Gasteiger partial charge in [0.2, 0.25) is 10.0 Å². The van der Waals surface area contributed by atoms with Crippen molar-refractivity contribution in [1.29, 1.82) is 0 Å². The van der Waals surface area contributed by atoms with E-state index in [4.69, 9.17) is 28.3 Å². The molecular weight excluding hydrogens is 221 g/mol. The van der Waals surface area contributed by atoms with Crippen molar-refractivity contribution in [2.45, 2.75) is 4.90 Å². The summed E-state index contributed by atoms with van der Waals surface area (Å²) in [6.07, 6.45) is 0.